The lowest BCUT2D eigenvalue weighted by atomic mass is 10.1. The first-order valence-corrected chi connectivity index (χ1v) is 6.51. The highest BCUT2D eigenvalue weighted by atomic mass is 19.1. The summed E-state index contributed by atoms with van der Waals surface area (Å²) < 4.78 is 20.1. The number of benzene rings is 1. The Bertz CT molecular complexity index is 688. The van der Waals surface area contributed by atoms with Gasteiger partial charge >= 0.3 is 0 Å². The standard InChI is InChI=1S/C14H19FN4O2/c1-14(2,3)18-12(20)7-19-10-6-11(21-4)8(15)5-9(10)17-13(19)16/h5-6H,7H2,1-4H3,(H2,16,17)(H,18,20). The van der Waals surface area contributed by atoms with Gasteiger partial charge in [0.05, 0.1) is 18.1 Å². The molecule has 1 heterocycles. The first kappa shape index (κ1) is 15.1. The number of hydrogen-bond donors (Lipinski definition) is 2. The molecule has 0 bridgehead atoms. The van der Waals surface area contributed by atoms with Crippen LogP contribution in [0, 0.1) is 5.82 Å². The summed E-state index contributed by atoms with van der Waals surface area (Å²) in [5, 5.41) is 2.84. The zero-order valence-electron chi connectivity index (χ0n) is 12.5. The van der Waals surface area contributed by atoms with Crippen LogP contribution in [0.2, 0.25) is 0 Å². The number of nitrogens with one attached hydrogen (secondary N) is 1. The van der Waals surface area contributed by atoms with E-state index in [0.29, 0.717) is 11.0 Å². The van der Waals surface area contributed by atoms with Crippen molar-refractivity contribution < 1.29 is 13.9 Å². The minimum absolute atomic E-state index is 0.00832. The highest BCUT2D eigenvalue weighted by molar-refractivity contribution is 5.84. The number of anilines is 1. The van der Waals surface area contributed by atoms with E-state index in [1.165, 1.54) is 23.8 Å². The van der Waals surface area contributed by atoms with Crippen molar-refractivity contribution in [2.45, 2.75) is 32.9 Å². The van der Waals surface area contributed by atoms with E-state index in [9.17, 15) is 9.18 Å². The lowest BCUT2D eigenvalue weighted by Crippen LogP contribution is -2.42. The van der Waals surface area contributed by atoms with E-state index in [1.54, 1.807) is 0 Å². The van der Waals surface area contributed by atoms with E-state index in [-0.39, 0.29) is 29.7 Å². The number of nitrogens with two attached hydrogens (primary N) is 1. The molecule has 0 aliphatic carbocycles. The zero-order chi connectivity index (χ0) is 15.8. The van der Waals surface area contributed by atoms with Crippen molar-refractivity contribution in [1.29, 1.82) is 0 Å². The number of rotatable bonds is 3. The molecule has 0 aliphatic rings. The fourth-order valence-corrected chi connectivity index (χ4v) is 2.07. The summed E-state index contributed by atoms with van der Waals surface area (Å²) in [4.78, 5) is 16.1. The highest BCUT2D eigenvalue weighted by Crippen LogP contribution is 2.26. The van der Waals surface area contributed by atoms with Crippen LogP contribution in [-0.2, 0) is 11.3 Å². The maximum Gasteiger partial charge on any atom is 0.240 e. The number of amides is 1. The van der Waals surface area contributed by atoms with Gasteiger partial charge in [-0.1, -0.05) is 0 Å². The molecule has 0 saturated carbocycles. The first-order chi connectivity index (χ1) is 9.71. The van der Waals surface area contributed by atoms with Crippen LogP contribution < -0.4 is 15.8 Å². The number of ether oxygens (including phenoxy) is 1. The third-order valence-corrected chi connectivity index (χ3v) is 2.87. The monoisotopic (exact) mass is 294 g/mol. The Kier molecular flexibility index (Phi) is 3.76. The molecule has 3 N–H and O–H groups in total. The quantitative estimate of drug-likeness (QED) is 0.902. The van der Waals surface area contributed by atoms with E-state index in [2.05, 4.69) is 10.3 Å². The fraction of sp³-hybridized carbons (Fsp3) is 0.429. The molecule has 0 atom stereocenters. The minimum Gasteiger partial charge on any atom is -0.494 e. The lowest BCUT2D eigenvalue weighted by Gasteiger charge is -2.20. The number of fused-ring (bicyclic) bond motifs is 1. The molecule has 2 rings (SSSR count). The molecule has 0 fully saturated rings. The van der Waals surface area contributed by atoms with Gasteiger partial charge in [-0.3, -0.25) is 4.79 Å². The second-order valence-electron chi connectivity index (χ2n) is 5.83. The highest BCUT2D eigenvalue weighted by Gasteiger charge is 2.18. The SMILES string of the molecule is COc1cc2c(cc1F)nc(N)n2CC(=O)NC(C)(C)C. The number of nitrogen functional groups attached to an aromatic ring is 1. The molecule has 0 unspecified atom stereocenters. The summed E-state index contributed by atoms with van der Waals surface area (Å²) in [6.45, 7) is 5.67. The van der Waals surface area contributed by atoms with E-state index in [4.69, 9.17) is 10.5 Å². The number of aromatic nitrogens is 2. The number of nitrogens with zero attached hydrogens (tertiary/aromatic N) is 2. The van der Waals surface area contributed by atoms with Gasteiger partial charge in [-0.2, -0.15) is 0 Å². The van der Waals surface area contributed by atoms with Gasteiger partial charge in [-0.25, -0.2) is 9.37 Å². The smallest absolute Gasteiger partial charge is 0.240 e. The fourth-order valence-electron chi connectivity index (χ4n) is 2.07. The number of imidazole rings is 1. The van der Waals surface area contributed by atoms with Crippen LogP contribution >= 0.6 is 0 Å². The third-order valence-electron chi connectivity index (χ3n) is 2.87. The molecule has 2 aromatic rings. The molecule has 1 aromatic carbocycles. The second kappa shape index (κ2) is 5.23. The summed E-state index contributed by atoms with van der Waals surface area (Å²) in [7, 11) is 1.38. The molecular weight excluding hydrogens is 275 g/mol. The zero-order valence-corrected chi connectivity index (χ0v) is 12.5. The molecule has 0 spiro atoms. The predicted octanol–water partition coefficient (Wildman–Crippen LogP) is 1.68. The Morgan fingerprint density at radius 3 is 2.71 bits per heavy atom. The van der Waals surface area contributed by atoms with Crippen LogP contribution in [0.4, 0.5) is 10.3 Å². The number of carbonyl (C=O) groups is 1. The summed E-state index contributed by atoms with van der Waals surface area (Å²) in [6, 6.07) is 2.72. The van der Waals surface area contributed by atoms with Gasteiger partial charge in [0, 0.05) is 17.7 Å². The first-order valence-electron chi connectivity index (χ1n) is 6.51. The van der Waals surface area contributed by atoms with Gasteiger partial charge in [0.1, 0.15) is 6.54 Å². The summed E-state index contributed by atoms with van der Waals surface area (Å²) >= 11 is 0. The van der Waals surface area contributed by atoms with Gasteiger partial charge in [0.25, 0.3) is 0 Å². The molecule has 7 heteroatoms. The number of methoxy groups -OCH3 is 1. The van der Waals surface area contributed by atoms with Crippen LogP contribution in [0.15, 0.2) is 12.1 Å². The predicted molar refractivity (Wildman–Crippen MR) is 78.6 cm³/mol. The number of carbonyl (C=O) groups excluding carboxylic acids is 1. The molecule has 0 aliphatic heterocycles. The van der Waals surface area contributed by atoms with E-state index < -0.39 is 5.82 Å². The Hall–Kier alpha value is -2.31. The van der Waals surface area contributed by atoms with Crippen molar-refractivity contribution in [2.24, 2.45) is 0 Å². The Labute approximate surface area is 122 Å². The summed E-state index contributed by atoms with van der Waals surface area (Å²) in [5.41, 5.74) is 6.41. The molecule has 0 saturated heterocycles. The minimum atomic E-state index is -0.520. The van der Waals surface area contributed by atoms with Gasteiger partial charge < -0.3 is 20.4 Å². The average Bonchev–Trinajstić information content (AvgIpc) is 2.62. The Balaban J connectivity index is 2.39. The number of hydrogen-bond acceptors (Lipinski definition) is 4. The van der Waals surface area contributed by atoms with Crippen LogP contribution in [0.1, 0.15) is 20.8 Å². The van der Waals surface area contributed by atoms with Gasteiger partial charge in [0.2, 0.25) is 11.9 Å². The number of halogens is 1. The van der Waals surface area contributed by atoms with Crippen molar-refractivity contribution in [2.75, 3.05) is 12.8 Å². The van der Waals surface area contributed by atoms with E-state index in [0.717, 1.165) is 0 Å². The molecule has 0 radical (unpaired) electrons. The maximum absolute atomic E-state index is 13.7. The van der Waals surface area contributed by atoms with Gasteiger partial charge in [0.15, 0.2) is 11.6 Å². The summed E-state index contributed by atoms with van der Waals surface area (Å²) in [5.74, 6) is -0.479. The largest absolute Gasteiger partial charge is 0.494 e. The van der Waals surface area contributed by atoms with Gasteiger partial charge in [-0.15, -0.1) is 0 Å². The summed E-state index contributed by atoms with van der Waals surface area (Å²) in [6.07, 6.45) is 0. The topological polar surface area (TPSA) is 82.2 Å². The molecule has 1 aromatic heterocycles. The molecular formula is C14H19FN4O2. The molecule has 1 amide bonds. The van der Waals surface area contributed by atoms with Crippen LogP contribution in [0.5, 0.6) is 5.75 Å². The van der Waals surface area contributed by atoms with Crippen LogP contribution in [-0.4, -0.2) is 28.1 Å². The van der Waals surface area contributed by atoms with Crippen molar-refractivity contribution in [3.63, 3.8) is 0 Å². The van der Waals surface area contributed by atoms with Gasteiger partial charge in [-0.05, 0) is 20.8 Å². The van der Waals surface area contributed by atoms with E-state index in [1.807, 2.05) is 20.8 Å². The van der Waals surface area contributed by atoms with Crippen LogP contribution in [0.25, 0.3) is 11.0 Å². The second-order valence-corrected chi connectivity index (χ2v) is 5.83. The van der Waals surface area contributed by atoms with Crippen LogP contribution in [0.3, 0.4) is 0 Å². The van der Waals surface area contributed by atoms with E-state index >= 15 is 0 Å². The lowest BCUT2D eigenvalue weighted by molar-refractivity contribution is -0.122. The van der Waals surface area contributed by atoms with Crippen molar-refractivity contribution in [3.05, 3.63) is 17.9 Å². The normalized spacial score (nSPS) is 11.7. The molecule has 114 valence electrons. The Morgan fingerprint density at radius 1 is 1.48 bits per heavy atom. The average molecular weight is 294 g/mol. The van der Waals surface area contributed by atoms with Crippen molar-refractivity contribution >= 4 is 22.9 Å². The Morgan fingerprint density at radius 2 is 2.14 bits per heavy atom. The third kappa shape index (κ3) is 3.24. The van der Waals surface area contributed by atoms with Crippen molar-refractivity contribution in [1.82, 2.24) is 14.9 Å². The maximum atomic E-state index is 13.7. The van der Waals surface area contributed by atoms with Crippen molar-refractivity contribution in [3.8, 4) is 5.75 Å². The molecule has 6 nitrogen and oxygen atoms in total. The molecule has 21 heavy (non-hydrogen) atoms.